The Bertz CT molecular complexity index is 475. The van der Waals surface area contributed by atoms with Crippen molar-refractivity contribution in [1.29, 1.82) is 0 Å². The number of hydrogen-bond acceptors (Lipinski definition) is 3. The van der Waals surface area contributed by atoms with Crippen LogP contribution in [0.1, 0.15) is 28.9 Å². The van der Waals surface area contributed by atoms with Crippen LogP contribution in [-0.4, -0.2) is 33.9 Å². The minimum absolute atomic E-state index is 0.0430. The molecule has 1 aromatic rings. The van der Waals surface area contributed by atoms with Crippen LogP contribution >= 0.6 is 12.2 Å². The first kappa shape index (κ1) is 13.0. The first-order valence-electron chi connectivity index (χ1n) is 6.09. The molecule has 0 aliphatic carbocycles. The molecule has 18 heavy (non-hydrogen) atoms. The van der Waals surface area contributed by atoms with E-state index in [1.54, 1.807) is 12.3 Å². The Morgan fingerprint density at radius 1 is 1.61 bits per heavy atom. The molecule has 2 N–H and O–H groups in total. The molecule has 1 aliphatic heterocycles. The molecule has 1 amide bonds. The molecule has 1 unspecified atom stereocenters. The number of rotatable bonds is 2. The van der Waals surface area contributed by atoms with Crippen molar-refractivity contribution in [3.63, 3.8) is 0 Å². The molecule has 0 bridgehead atoms. The van der Waals surface area contributed by atoms with Gasteiger partial charge in [-0.25, -0.2) is 0 Å². The van der Waals surface area contributed by atoms with Gasteiger partial charge in [0.1, 0.15) is 0 Å². The van der Waals surface area contributed by atoms with Crippen LogP contribution in [0.15, 0.2) is 18.3 Å². The van der Waals surface area contributed by atoms with E-state index in [0.717, 1.165) is 25.1 Å². The number of carbonyl (C=O) groups excluding carboxylic acids is 1. The van der Waals surface area contributed by atoms with E-state index >= 15 is 0 Å². The average molecular weight is 263 g/mol. The highest BCUT2D eigenvalue weighted by Gasteiger charge is 2.25. The lowest BCUT2D eigenvalue weighted by Gasteiger charge is -2.32. The van der Waals surface area contributed by atoms with Gasteiger partial charge >= 0.3 is 0 Å². The van der Waals surface area contributed by atoms with Crippen molar-refractivity contribution in [2.45, 2.75) is 19.8 Å². The van der Waals surface area contributed by atoms with Crippen molar-refractivity contribution in [2.24, 2.45) is 11.7 Å². The van der Waals surface area contributed by atoms with E-state index in [-0.39, 0.29) is 11.8 Å². The SMILES string of the molecule is Cc1cc(C(=O)N2CCCC(C(N)=S)C2)ccn1. The fourth-order valence-electron chi connectivity index (χ4n) is 2.26. The molecule has 0 saturated carbocycles. The summed E-state index contributed by atoms with van der Waals surface area (Å²) in [6, 6.07) is 3.56. The predicted octanol–water partition coefficient (Wildman–Crippen LogP) is 1.53. The molecule has 4 nitrogen and oxygen atoms in total. The van der Waals surface area contributed by atoms with Crippen molar-refractivity contribution in [2.75, 3.05) is 13.1 Å². The van der Waals surface area contributed by atoms with Gasteiger partial charge in [-0.3, -0.25) is 9.78 Å². The van der Waals surface area contributed by atoms with Crippen LogP contribution < -0.4 is 5.73 Å². The van der Waals surface area contributed by atoms with Gasteiger partial charge < -0.3 is 10.6 Å². The van der Waals surface area contributed by atoms with Gasteiger partial charge in [0.05, 0.1) is 4.99 Å². The van der Waals surface area contributed by atoms with E-state index in [4.69, 9.17) is 18.0 Å². The zero-order chi connectivity index (χ0) is 13.1. The Hall–Kier alpha value is -1.49. The number of aromatic nitrogens is 1. The lowest BCUT2D eigenvalue weighted by Crippen LogP contribution is -2.43. The van der Waals surface area contributed by atoms with Gasteiger partial charge in [-0.1, -0.05) is 12.2 Å². The molecular formula is C13H17N3OS. The van der Waals surface area contributed by atoms with Crippen LogP contribution in [-0.2, 0) is 0 Å². The first-order valence-corrected chi connectivity index (χ1v) is 6.50. The molecule has 2 heterocycles. The molecular weight excluding hydrogens is 246 g/mol. The summed E-state index contributed by atoms with van der Waals surface area (Å²) >= 11 is 5.02. The number of pyridine rings is 1. The molecule has 1 aliphatic rings. The summed E-state index contributed by atoms with van der Waals surface area (Å²) in [5.74, 6) is 0.196. The topological polar surface area (TPSA) is 59.2 Å². The van der Waals surface area contributed by atoms with E-state index in [2.05, 4.69) is 4.98 Å². The number of carbonyl (C=O) groups is 1. The monoisotopic (exact) mass is 263 g/mol. The average Bonchev–Trinajstić information content (AvgIpc) is 2.38. The number of nitrogens with two attached hydrogens (primary N) is 1. The lowest BCUT2D eigenvalue weighted by atomic mass is 9.97. The number of nitrogens with zero attached hydrogens (tertiary/aromatic N) is 2. The lowest BCUT2D eigenvalue weighted by molar-refractivity contribution is 0.0703. The standard InChI is InChI=1S/C13H17N3OS/c1-9-7-10(4-5-15-9)13(17)16-6-2-3-11(8-16)12(14)18/h4-5,7,11H,2-3,6,8H2,1H3,(H2,14,18). The number of hydrogen-bond donors (Lipinski definition) is 1. The molecule has 0 radical (unpaired) electrons. The van der Waals surface area contributed by atoms with Crippen molar-refractivity contribution in [1.82, 2.24) is 9.88 Å². The van der Waals surface area contributed by atoms with E-state index in [9.17, 15) is 4.79 Å². The van der Waals surface area contributed by atoms with E-state index < -0.39 is 0 Å². The summed E-state index contributed by atoms with van der Waals surface area (Å²) in [5, 5.41) is 0. The van der Waals surface area contributed by atoms with Crippen LogP contribution in [0, 0.1) is 12.8 Å². The van der Waals surface area contributed by atoms with Gasteiger partial charge in [-0.2, -0.15) is 0 Å². The largest absolute Gasteiger partial charge is 0.393 e. The fourth-order valence-corrected chi connectivity index (χ4v) is 2.45. The van der Waals surface area contributed by atoms with E-state index in [0.29, 0.717) is 17.1 Å². The third kappa shape index (κ3) is 2.85. The summed E-state index contributed by atoms with van der Waals surface area (Å²) < 4.78 is 0. The van der Waals surface area contributed by atoms with Crippen molar-refractivity contribution < 1.29 is 4.79 Å². The minimum atomic E-state index is 0.0430. The molecule has 5 heteroatoms. The Labute approximate surface area is 112 Å². The molecule has 2 rings (SSSR count). The fraction of sp³-hybridized carbons (Fsp3) is 0.462. The highest BCUT2D eigenvalue weighted by molar-refractivity contribution is 7.80. The first-order chi connectivity index (χ1) is 8.58. The van der Waals surface area contributed by atoms with Crippen LogP contribution in [0.4, 0.5) is 0 Å². The van der Waals surface area contributed by atoms with Crippen molar-refractivity contribution >= 4 is 23.1 Å². The maximum atomic E-state index is 12.3. The zero-order valence-electron chi connectivity index (χ0n) is 10.4. The van der Waals surface area contributed by atoms with Crippen molar-refractivity contribution in [3.8, 4) is 0 Å². The zero-order valence-corrected chi connectivity index (χ0v) is 11.2. The number of aryl methyl sites for hydroxylation is 1. The molecule has 96 valence electrons. The van der Waals surface area contributed by atoms with Gasteiger partial charge in [-0.15, -0.1) is 0 Å². The van der Waals surface area contributed by atoms with Crippen LogP contribution in [0.3, 0.4) is 0 Å². The van der Waals surface area contributed by atoms with Gasteiger partial charge in [0.25, 0.3) is 5.91 Å². The highest BCUT2D eigenvalue weighted by atomic mass is 32.1. The van der Waals surface area contributed by atoms with E-state index in [1.807, 2.05) is 17.9 Å². The normalized spacial score (nSPS) is 19.6. The van der Waals surface area contributed by atoms with Gasteiger partial charge in [0.2, 0.25) is 0 Å². The number of piperidine rings is 1. The quantitative estimate of drug-likeness (QED) is 0.822. The third-order valence-electron chi connectivity index (χ3n) is 3.25. The molecule has 1 atom stereocenters. The maximum Gasteiger partial charge on any atom is 0.253 e. The second kappa shape index (κ2) is 5.44. The molecule has 1 fully saturated rings. The second-order valence-electron chi connectivity index (χ2n) is 4.68. The second-order valence-corrected chi connectivity index (χ2v) is 5.15. The van der Waals surface area contributed by atoms with Gasteiger partial charge in [0.15, 0.2) is 0 Å². The van der Waals surface area contributed by atoms with Crippen LogP contribution in [0.5, 0.6) is 0 Å². The summed E-state index contributed by atoms with van der Waals surface area (Å²) in [6.07, 6.45) is 3.60. The Morgan fingerprint density at radius 2 is 2.39 bits per heavy atom. The Balaban J connectivity index is 2.11. The third-order valence-corrected chi connectivity index (χ3v) is 3.59. The molecule has 0 spiro atoms. The molecule has 1 saturated heterocycles. The smallest absolute Gasteiger partial charge is 0.253 e. The number of amides is 1. The number of thiocarbonyl (C=S) groups is 1. The van der Waals surface area contributed by atoms with E-state index in [1.165, 1.54) is 0 Å². The number of likely N-dealkylation sites (tertiary alicyclic amines) is 1. The highest BCUT2D eigenvalue weighted by Crippen LogP contribution is 2.19. The van der Waals surface area contributed by atoms with Gasteiger partial charge in [0, 0.05) is 36.5 Å². The Kier molecular flexibility index (Phi) is 3.91. The summed E-state index contributed by atoms with van der Waals surface area (Å²) in [6.45, 7) is 3.29. The maximum absolute atomic E-state index is 12.3. The molecule has 0 aromatic carbocycles. The van der Waals surface area contributed by atoms with Crippen LogP contribution in [0.2, 0.25) is 0 Å². The van der Waals surface area contributed by atoms with Crippen molar-refractivity contribution in [3.05, 3.63) is 29.6 Å². The summed E-state index contributed by atoms with van der Waals surface area (Å²) in [4.78, 5) is 18.8. The van der Waals surface area contributed by atoms with Crippen LogP contribution in [0.25, 0.3) is 0 Å². The minimum Gasteiger partial charge on any atom is -0.393 e. The predicted molar refractivity (Wildman–Crippen MR) is 74.4 cm³/mol. The summed E-state index contributed by atoms with van der Waals surface area (Å²) in [7, 11) is 0. The molecule has 1 aromatic heterocycles. The van der Waals surface area contributed by atoms with Gasteiger partial charge in [-0.05, 0) is 31.9 Å². The Morgan fingerprint density at radius 3 is 3.06 bits per heavy atom. The summed E-state index contributed by atoms with van der Waals surface area (Å²) in [5.41, 5.74) is 7.21.